The molecule has 0 aliphatic rings. The van der Waals surface area contributed by atoms with Crippen LogP contribution in [0.15, 0.2) is 42.7 Å². The highest BCUT2D eigenvalue weighted by Crippen LogP contribution is 2.36. The lowest BCUT2D eigenvalue weighted by Crippen LogP contribution is -2.09. The second kappa shape index (κ2) is 5.63. The number of rotatable bonds is 3. The van der Waals surface area contributed by atoms with E-state index in [9.17, 15) is 13.2 Å². The normalized spacial score (nSPS) is 13.2. The van der Waals surface area contributed by atoms with Gasteiger partial charge in [-0.3, -0.25) is 4.98 Å². The van der Waals surface area contributed by atoms with E-state index in [0.29, 0.717) is 5.56 Å². The molecule has 1 aromatic heterocycles. The lowest BCUT2D eigenvalue weighted by molar-refractivity contribution is -0.137. The third kappa shape index (κ3) is 2.99. The van der Waals surface area contributed by atoms with Gasteiger partial charge in [0.15, 0.2) is 0 Å². The average molecular weight is 280 g/mol. The molecule has 1 aromatic carbocycles. The fourth-order valence-corrected chi connectivity index (χ4v) is 2.04. The third-order valence-corrected chi connectivity index (χ3v) is 3.19. The van der Waals surface area contributed by atoms with Gasteiger partial charge in [-0.15, -0.1) is 0 Å². The minimum Gasteiger partial charge on any atom is -0.324 e. The molecule has 0 aliphatic carbocycles. The number of nitrogens with two attached hydrogens (primary N) is 1. The van der Waals surface area contributed by atoms with Gasteiger partial charge in [-0.1, -0.05) is 25.1 Å². The van der Waals surface area contributed by atoms with Gasteiger partial charge >= 0.3 is 6.18 Å². The number of pyridine rings is 1. The molecule has 1 atom stereocenters. The van der Waals surface area contributed by atoms with Gasteiger partial charge in [-0.25, -0.2) is 0 Å². The van der Waals surface area contributed by atoms with Crippen molar-refractivity contribution < 1.29 is 13.2 Å². The van der Waals surface area contributed by atoms with Crippen LogP contribution < -0.4 is 5.73 Å². The maximum Gasteiger partial charge on any atom is 0.417 e. The first kappa shape index (κ1) is 14.5. The van der Waals surface area contributed by atoms with Crippen LogP contribution in [0.5, 0.6) is 0 Å². The zero-order valence-electron chi connectivity index (χ0n) is 11.0. The summed E-state index contributed by atoms with van der Waals surface area (Å²) in [6, 6.07) is 7.68. The van der Waals surface area contributed by atoms with Crippen molar-refractivity contribution in [3.05, 3.63) is 53.9 Å². The Labute approximate surface area is 115 Å². The molecule has 0 saturated carbocycles. The van der Waals surface area contributed by atoms with E-state index < -0.39 is 11.7 Å². The van der Waals surface area contributed by atoms with E-state index in [4.69, 9.17) is 5.73 Å². The molecular weight excluding hydrogens is 265 g/mol. The van der Waals surface area contributed by atoms with E-state index in [0.717, 1.165) is 24.2 Å². The minimum atomic E-state index is -4.40. The standard InChI is InChI=1S/C15H15F3N2/c1-2-14(19)11-5-3-4-10(8-11)12-9-20-7-6-13(12)15(16,17)18/h3-9,14H,2,19H2,1H3. The van der Waals surface area contributed by atoms with E-state index in [-0.39, 0.29) is 11.6 Å². The summed E-state index contributed by atoms with van der Waals surface area (Å²) in [5.41, 5.74) is 6.62. The highest BCUT2D eigenvalue weighted by molar-refractivity contribution is 5.67. The Hall–Kier alpha value is -1.88. The molecule has 0 radical (unpaired) electrons. The highest BCUT2D eigenvalue weighted by Gasteiger charge is 2.33. The summed E-state index contributed by atoms with van der Waals surface area (Å²) >= 11 is 0. The lowest BCUT2D eigenvalue weighted by atomic mass is 9.97. The maximum atomic E-state index is 13.0. The van der Waals surface area contributed by atoms with E-state index >= 15 is 0 Å². The van der Waals surface area contributed by atoms with Crippen molar-refractivity contribution in [1.82, 2.24) is 4.98 Å². The number of aromatic nitrogens is 1. The molecule has 106 valence electrons. The molecule has 20 heavy (non-hydrogen) atoms. The van der Waals surface area contributed by atoms with Gasteiger partial charge in [-0.05, 0) is 29.7 Å². The zero-order valence-corrected chi connectivity index (χ0v) is 11.0. The lowest BCUT2D eigenvalue weighted by Gasteiger charge is -2.14. The van der Waals surface area contributed by atoms with Crippen LogP contribution in [0.25, 0.3) is 11.1 Å². The van der Waals surface area contributed by atoms with Crippen LogP contribution in [0.2, 0.25) is 0 Å². The summed E-state index contributed by atoms with van der Waals surface area (Å²) in [4.78, 5) is 3.80. The SMILES string of the molecule is CCC(N)c1cccc(-c2cnccc2C(F)(F)F)c1. The van der Waals surface area contributed by atoms with Crippen LogP contribution in [-0.2, 0) is 6.18 Å². The van der Waals surface area contributed by atoms with Crippen LogP contribution in [0.3, 0.4) is 0 Å². The van der Waals surface area contributed by atoms with Crippen LogP contribution >= 0.6 is 0 Å². The summed E-state index contributed by atoms with van der Waals surface area (Å²) in [5.74, 6) is 0. The summed E-state index contributed by atoms with van der Waals surface area (Å²) < 4.78 is 39.0. The molecule has 0 saturated heterocycles. The molecule has 0 fully saturated rings. The number of benzene rings is 1. The number of nitrogens with zero attached hydrogens (tertiary/aromatic N) is 1. The minimum absolute atomic E-state index is 0.0742. The fourth-order valence-electron chi connectivity index (χ4n) is 2.04. The summed E-state index contributed by atoms with van der Waals surface area (Å²) in [6.45, 7) is 1.93. The second-order valence-electron chi connectivity index (χ2n) is 4.56. The van der Waals surface area contributed by atoms with Crippen molar-refractivity contribution >= 4 is 0 Å². The first-order valence-electron chi connectivity index (χ1n) is 6.30. The Kier molecular flexibility index (Phi) is 4.09. The largest absolute Gasteiger partial charge is 0.417 e. The predicted molar refractivity (Wildman–Crippen MR) is 71.9 cm³/mol. The first-order valence-corrected chi connectivity index (χ1v) is 6.30. The van der Waals surface area contributed by atoms with Crippen LogP contribution in [0, 0.1) is 0 Å². The molecule has 5 heteroatoms. The average Bonchev–Trinajstić information content (AvgIpc) is 2.45. The van der Waals surface area contributed by atoms with Crippen molar-refractivity contribution in [2.45, 2.75) is 25.6 Å². The fraction of sp³-hybridized carbons (Fsp3) is 0.267. The molecule has 2 N–H and O–H groups in total. The number of hydrogen-bond donors (Lipinski definition) is 1. The monoisotopic (exact) mass is 280 g/mol. The predicted octanol–water partition coefficient (Wildman–Crippen LogP) is 4.18. The van der Waals surface area contributed by atoms with Crippen molar-refractivity contribution in [1.29, 1.82) is 0 Å². The van der Waals surface area contributed by atoms with Crippen LogP contribution in [-0.4, -0.2) is 4.98 Å². The Morgan fingerprint density at radius 1 is 1.25 bits per heavy atom. The molecule has 0 aliphatic heterocycles. The molecule has 0 amide bonds. The topological polar surface area (TPSA) is 38.9 Å². The van der Waals surface area contributed by atoms with Crippen molar-refractivity contribution in [2.75, 3.05) is 0 Å². The number of hydrogen-bond acceptors (Lipinski definition) is 2. The highest BCUT2D eigenvalue weighted by atomic mass is 19.4. The van der Waals surface area contributed by atoms with E-state index in [1.165, 1.54) is 6.20 Å². The smallest absolute Gasteiger partial charge is 0.324 e. The van der Waals surface area contributed by atoms with Crippen LogP contribution in [0.1, 0.15) is 30.5 Å². The van der Waals surface area contributed by atoms with Crippen molar-refractivity contribution in [2.24, 2.45) is 5.73 Å². The molecule has 1 unspecified atom stereocenters. The van der Waals surface area contributed by atoms with Gasteiger partial charge in [0.05, 0.1) is 5.56 Å². The third-order valence-electron chi connectivity index (χ3n) is 3.19. The molecule has 0 bridgehead atoms. The van der Waals surface area contributed by atoms with Gasteiger partial charge < -0.3 is 5.73 Å². The van der Waals surface area contributed by atoms with Gasteiger partial charge in [0.2, 0.25) is 0 Å². The van der Waals surface area contributed by atoms with Crippen LogP contribution in [0.4, 0.5) is 13.2 Å². The Bertz CT molecular complexity index is 594. The Balaban J connectivity index is 2.52. The summed E-state index contributed by atoms with van der Waals surface area (Å²) in [5, 5.41) is 0. The van der Waals surface area contributed by atoms with Gasteiger partial charge in [0.1, 0.15) is 0 Å². The van der Waals surface area contributed by atoms with Gasteiger partial charge in [0, 0.05) is 24.0 Å². The molecular formula is C15H15F3N2. The first-order chi connectivity index (χ1) is 9.43. The maximum absolute atomic E-state index is 13.0. The molecule has 2 rings (SSSR count). The summed E-state index contributed by atoms with van der Waals surface area (Å²) in [6.07, 6.45) is -1.29. The zero-order chi connectivity index (χ0) is 14.8. The Morgan fingerprint density at radius 3 is 2.65 bits per heavy atom. The van der Waals surface area contributed by atoms with Gasteiger partial charge in [-0.2, -0.15) is 13.2 Å². The summed E-state index contributed by atoms with van der Waals surface area (Å²) in [7, 11) is 0. The van der Waals surface area contributed by atoms with E-state index in [2.05, 4.69) is 4.98 Å². The number of halogens is 3. The molecule has 2 nitrogen and oxygen atoms in total. The molecule has 2 aromatic rings. The molecule has 1 heterocycles. The van der Waals surface area contributed by atoms with E-state index in [1.807, 2.05) is 13.0 Å². The second-order valence-corrected chi connectivity index (χ2v) is 4.56. The van der Waals surface area contributed by atoms with E-state index in [1.54, 1.807) is 18.2 Å². The quantitative estimate of drug-likeness (QED) is 0.916. The number of alkyl halides is 3. The van der Waals surface area contributed by atoms with Crippen molar-refractivity contribution in [3.8, 4) is 11.1 Å². The van der Waals surface area contributed by atoms with Crippen molar-refractivity contribution in [3.63, 3.8) is 0 Å². The Morgan fingerprint density at radius 2 is 2.00 bits per heavy atom. The van der Waals surface area contributed by atoms with Gasteiger partial charge in [0.25, 0.3) is 0 Å². The molecule has 0 spiro atoms.